The van der Waals surface area contributed by atoms with Gasteiger partial charge in [-0.05, 0) is 30.6 Å². The van der Waals surface area contributed by atoms with Gasteiger partial charge in [-0.15, -0.1) is 6.42 Å². The van der Waals surface area contributed by atoms with Crippen molar-refractivity contribution in [3.05, 3.63) is 11.9 Å². The van der Waals surface area contributed by atoms with Gasteiger partial charge in [-0.1, -0.05) is 26.7 Å². The summed E-state index contributed by atoms with van der Waals surface area (Å²) in [5, 5.41) is 9.15. The van der Waals surface area contributed by atoms with Crippen LogP contribution in [-0.4, -0.2) is 26.1 Å². The van der Waals surface area contributed by atoms with Crippen LogP contribution < -0.4 is 0 Å². The molecule has 1 unspecified atom stereocenters. The van der Waals surface area contributed by atoms with E-state index in [4.69, 9.17) is 16.0 Å². The number of hydrogen-bond donors (Lipinski definition) is 1. The maximum Gasteiger partial charge on any atom is 0.191 e. The molecular formula is C13H23FO2Si. The van der Waals surface area contributed by atoms with E-state index >= 15 is 0 Å². The van der Waals surface area contributed by atoms with Gasteiger partial charge in [0.2, 0.25) is 0 Å². The third-order valence-electron chi connectivity index (χ3n) is 3.15. The fourth-order valence-electron chi connectivity index (χ4n) is 0.919. The molecule has 0 aliphatic rings. The molecule has 98 valence electrons. The Kier molecular flexibility index (Phi) is 6.10. The highest BCUT2D eigenvalue weighted by Crippen LogP contribution is 2.36. The third-order valence-corrected chi connectivity index (χ3v) is 7.68. The van der Waals surface area contributed by atoms with E-state index in [2.05, 4.69) is 33.9 Å². The van der Waals surface area contributed by atoms with Gasteiger partial charge in [0.05, 0.1) is 0 Å². The van der Waals surface area contributed by atoms with Crippen LogP contribution in [0.3, 0.4) is 0 Å². The van der Waals surface area contributed by atoms with E-state index in [0.29, 0.717) is 13.0 Å². The molecular weight excluding hydrogens is 235 g/mol. The standard InChI is InChI=1S/C13H23FO2Si/c1-7-12(15)11(14)9-8-10-16-17(5,6)13(2,3)4/h1,9,12,15H,8,10H2,2-6H3/b11-9-. The molecule has 0 heterocycles. The number of aliphatic hydroxyl groups is 1. The van der Waals surface area contributed by atoms with E-state index in [1.165, 1.54) is 6.08 Å². The summed E-state index contributed by atoms with van der Waals surface area (Å²) in [6.45, 7) is 11.2. The number of terminal acetylenes is 1. The normalized spacial score (nSPS) is 15.5. The van der Waals surface area contributed by atoms with Gasteiger partial charge < -0.3 is 9.53 Å². The first kappa shape index (κ1) is 16.4. The molecule has 0 rings (SSSR count). The Balaban J connectivity index is 4.15. The molecule has 0 spiro atoms. The molecule has 0 aromatic heterocycles. The van der Waals surface area contributed by atoms with Crippen molar-refractivity contribution >= 4 is 8.32 Å². The highest BCUT2D eigenvalue weighted by Gasteiger charge is 2.36. The van der Waals surface area contributed by atoms with E-state index in [0.717, 1.165) is 0 Å². The van der Waals surface area contributed by atoms with Crippen molar-refractivity contribution in [2.24, 2.45) is 0 Å². The topological polar surface area (TPSA) is 29.5 Å². The zero-order valence-electron chi connectivity index (χ0n) is 11.4. The van der Waals surface area contributed by atoms with Gasteiger partial charge in [-0.25, -0.2) is 4.39 Å². The summed E-state index contributed by atoms with van der Waals surface area (Å²) < 4.78 is 18.9. The summed E-state index contributed by atoms with van der Waals surface area (Å²) in [7, 11) is -1.77. The SMILES string of the molecule is C#CC(O)/C(F)=C/CCO[Si](C)(C)C(C)(C)C. The van der Waals surface area contributed by atoms with Gasteiger partial charge in [0.25, 0.3) is 0 Å². The average molecular weight is 258 g/mol. The molecule has 0 radical (unpaired) electrons. The molecule has 0 fully saturated rings. The first-order valence-electron chi connectivity index (χ1n) is 5.75. The van der Waals surface area contributed by atoms with Gasteiger partial charge in [0, 0.05) is 6.61 Å². The second-order valence-electron chi connectivity index (χ2n) is 5.56. The van der Waals surface area contributed by atoms with E-state index in [1.54, 1.807) is 0 Å². The van der Waals surface area contributed by atoms with Crippen molar-refractivity contribution < 1.29 is 13.9 Å². The van der Waals surface area contributed by atoms with Crippen LogP contribution in [0.1, 0.15) is 27.2 Å². The van der Waals surface area contributed by atoms with Crippen molar-refractivity contribution in [3.8, 4) is 12.3 Å². The summed E-state index contributed by atoms with van der Waals surface area (Å²) >= 11 is 0. The van der Waals surface area contributed by atoms with Crippen molar-refractivity contribution in [1.29, 1.82) is 0 Å². The quantitative estimate of drug-likeness (QED) is 0.466. The van der Waals surface area contributed by atoms with Gasteiger partial charge in [-0.3, -0.25) is 0 Å². The van der Waals surface area contributed by atoms with Gasteiger partial charge in [-0.2, -0.15) is 0 Å². The van der Waals surface area contributed by atoms with Crippen LogP contribution >= 0.6 is 0 Å². The number of hydrogen-bond acceptors (Lipinski definition) is 2. The van der Waals surface area contributed by atoms with Crippen molar-refractivity contribution in [2.75, 3.05) is 6.61 Å². The van der Waals surface area contributed by atoms with Crippen molar-refractivity contribution in [1.82, 2.24) is 0 Å². The minimum atomic E-state index is -1.77. The Bertz CT molecular complexity index is 310. The smallest absolute Gasteiger partial charge is 0.191 e. The Morgan fingerprint density at radius 2 is 2.06 bits per heavy atom. The zero-order chi connectivity index (χ0) is 13.7. The van der Waals surface area contributed by atoms with Gasteiger partial charge in [0.1, 0.15) is 5.83 Å². The molecule has 0 saturated carbocycles. The molecule has 2 nitrogen and oxygen atoms in total. The van der Waals surface area contributed by atoms with Crippen LogP contribution in [0.2, 0.25) is 18.1 Å². The average Bonchev–Trinajstić information content (AvgIpc) is 2.21. The molecule has 0 amide bonds. The van der Waals surface area contributed by atoms with E-state index in [-0.39, 0.29) is 5.04 Å². The second kappa shape index (κ2) is 6.34. The molecule has 0 aliphatic heterocycles. The molecule has 1 atom stereocenters. The van der Waals surface area contributed by atoms with E-state index < -0.39 is 20.2 Å². The van der Waals surface area contributed by atoms with E-state index in [1.807, 2.05) is 5.92 Å². The van der Waals surface area contributed by atoms with Crippen LogP contribution in [0.5, 0.6) is 0 Å². The van der Waals surface area contributed by atoms with Crippen LogP contribution in [0, 0.1) is 12.3 Å². The van der Waals surface area contributed by atoms with Crippen LogP contribution in [0.15, 0.2) is 11.9 Å². The lowest BCUT2D eigenvalue weighted by atomic mass is 10.2. The molecule has 0 aromatic carbocycles. The molecule has 17 heavy (non-hydrogen) atoms. The van der Waals surface area contributed by atoms with Gasteiger partial charge in [0.15, 0.2) is 14.4 Å². The zero-order valence-corrected chi connectivity index (χ0v) is 12.4. The predicted octanol–water partition coefficient (Wildman–Crippen LogP) is 3.25. The Morgan fingerprint density at radius 1 is 1.53 bits per heavy atom. The maximum atomic E-state index is 13.1. The molecule has 0 aliphatic carbocycles. The van der Waals surface area contributed by atoms with Crippen molar-refractivity contribution in [3.63, 3.8) is 0 Å². The molecule has 0 aromatic rings. The Morgan fingerprint density at radius 3 is 2.47 bits per heavy atom. The van der Waals surface area contributed by atoms with Crippen molar-refractivity contribution in [2.45, 2.75) is 51.4 Å². The van der Waals surface area contributed by atoms with Crippen LogP contribution in [0.25, 0.3) is 0 Å². The number of aliphatic hydroxyl groups excluding tert-OH is 1. The van der Waals surface area contributed by atoms with E-state index in [9.17, 15) is 4.39 Å². The monoisotopic (exact) mass is 258 g/mol. The fourth-order valence-corrected chi connectivity index (χ4v) is 1.98. The number of rotatable bonds is 5. The molecule has 0 saturated heterocycles. The minimum Gasteiger partial charge on any atom is -0.417 e. The molecule has 1 N–H and O–H groups in total. The maximum absolute atomic E-state index is 13.1. The lowest BCUT2D eigenvalue weighted by Crippen LogP contribution is -2.40. The van der Waals surface area contributed by atoms with Crippen LogP contribution in [0.4, 0.5) is 4.39 Å². The lowest BCUT2D eigenvalue weighted by Gasteiger charge is -2.36. The summed E-state index contributed by atoms with van der Waals surface area (Å²) in [4.78, 5) is 0. The third kappa shape index (κ3) is 5.49. The lowest BCUT2D eigenvalue weighted by molar-refractivity contribution is 0.234. The summed E-state index contributed by atoms with van der Waals surface area (Å²) in [5.41, 5.74) is 0. The number of halogens is 1. The largest absolute Gasteiger partial charge is 0.417 e. The highest BCUT2D eigenvalue weighted by molar-refractivity contribution is 6.74. The highest BCUT2D eigenvalue weighted by atomic mass is 28.4. The molecule has 4 heteroatoms. The Labute approximate surface area is 105 Å². The summed E-state index contributed by atoms with van der Waals surface area (Å²) in [5.74, 6) is 1.25. The molecule has 0 bridgehead atoms. The first-order chi connectivity index (χ1) is 7.62. The predicted molar refractivity (Wildman–Crippen MR) is 71.8 cm³/mol. The summed E-state index contributed by atoms with van der Waals surface area (Å²) in [6.07, 6.45) is 5.19. The Hall–Kier alpha value is -0.633. The fraction of sp³-hybridized carbons (Fsp3) is 0.692. The second-order valence-corrected chi connectivity index (χ2v) is 10.4. The minimum absolute atomic E-state index is 0.146. The van der Waals surface area contributed by atoms with Crippen LogP contribution in [-0.2, 0) is 4.43 Å². The first-order valence-corrected chi connectivity index (χ1v) is 8.66. The van der Waals surface area contributed by atoms with Gasteiger partial charge >= 0.3 is 0 Å². The summed E-state index contributed by atoms with van der Waals surface area (Å²) in [6, 6.07) is 0.